The van der Waals surface area contributed by atoms with E-state index in [1.807, 2.05) is 0 Å². The Morgan fingerprint density at radius 3 is 2.52 bits per heavy atom. The first-order chi connectivity index (χ1) is 9.87. The van der Waals surface area contributed by atoms with Crippen LogP contribution in [0.5, 0.6) is 0 Å². The molecule has 0 fully saturated rings. The number of benzene rings is 1. The number of nitrogens with one attached hydrogen (secondary N) is 1. The van der Waals surface area contributed by atoms with Gasteiger partial charge >= 0.3 is 18.0 Å². The van der Waals surface area contributed by atoms with E-state index in [0.29, 0.717) is 16.7 Å². The van der Waals surface area contributed by atoms with Crippen LogP contribution in [0.4, 0.5) is 10.5 Å². The Bertz CT molecular complexity index is 561. The molecule has 0 bridgehead atoms. The first-order valence-electron chi connectivity index (χ1n) is 6.04. The van der Waals surface area contributed by atoms with Gasteiger partial charge in [-0.25, -0.2) is 9.59 Å². The molecule has 0 aliphatic rings. The van der Waals surface area contributed by atoms with Crippen LogP contribution in [0.15, 0.2) is 22.7 Å². The number of hydrogen-bond acceptors (Lipinski definition) is 4. The number of nitrogens with zero attached hydrogens (tertiary/aromatic N) is 1. The minimum atomic E-state index is -1.10. The molecule has 21 heavy (non-hydrogen) atoms. The van der Waals surface area contributed by atoms with Gasteiger partial charge in [0.05, 0.1) is 12.7 Å². The monoisotopic (exact) mass is 358 g/mol. The summed E-state index contributed by atoms with van der Waals surface area (Å²) in [6.45, 7) is 1.84. The van der Waals surface area contributed by atoms with Gasteiger partial charge in [0.25, 0.3) is 0 Å². The summed E-state index contributed by atoms with van der Waals surface area (Å²) in [4.78, 5) is 35.4. The lowest BCUT2D eigenvalue weighted by Gasteiger charge is -2.20. The zero-order valence-corrected chi connectivity index (χ0v) is 13.1. The zero-order chi connectivity index (χ0) is 16.0. The highest BCUT2D eigenvalue weighted by atomic mass is 79.9. The summed E-state index contributed by atoms with van der Waals surface area (Å²) in [5.41, 5.74) is 0.353. The normalized spacial score (nSPS) is 9.86. The first-order valence-corrected chi connectivity index (χ1v) is 6.83. The number of aromatic carboxylic acids is 1. The van der Waals surface area contributed by atoms with E-state index in [2.05, 4.69) is 26.0 Å². The molecule has 7 nitrogen and oxygen atoms in total. The maximum Gasteiger partial charge on any atom is 0.335 e. The molecule has 0 unspecified atom stereocenters. The van der Waals surface area contributed by atoms with E-state index < -0.39 is 18.0 Å². The van der Waals surface area contributed by atoms with Gasteiger partial charge in [0.15, 0.2) is 0 Å². The number of urea groups is 1. The number of carbonyl (C=O) groups is 3. The number of anilines is 1. The van der Waals surface area contributed by atoms with Gasteiger partial charge in [0.2, 0.25) is 0 Å². The maximum absolute atomic E-state index is 12.0. The fraction of sp³-hybridized carbons (Fsp3) is 0.308. The summed E-state index contributed by atoms with van der Waals surface area (Å²) in [6.07, 6.45) is 0. The Hall–Kier alpha value is -2.09. The van der Waals surface area contributed by atoms with Crippen LogP contribution in [0.3, 0.4) is 0 Å². The number of likely N-dealkylation sites (N-methyl/N-ethyl adjacent to an activating group) is 1. The second-order valence-corrected chi connectivity index (χ2v) is 4.97. The van der Waals surface area contributed by atoms with Crippen molar-refractivity contribution in [3.8, 4) is 0 Å². The van der Waals surface area contributed by atoms with Crippen molar-refractivity contribution >= 4 is 39.6 Å². The highest BCUT2D eigenvalue weighted by molar-refractivity contribution is 9.10. The van der Waals surface area contributed by atoms with Crippen molar-refractivity contribution in [1.82, 2.24) is 4.90 Å². The molecule has 1 aromatic carbocycles. The SMILES string of the molecule is CCN(CC(=O)OC)C(=O)Nc1cc(Br)cc(C(=O)O)c1. The van der Waals surface area contributed by atoms with Gasteiger partial charge in [-0.1, -0.05) is 15.9 Å². The molecule has 0 aromatic heterocycles. The third-order valence-corrected chi connectivity index (χ3v) is 3.07. The third kappa shape index (κ3) is 5.07. The van der Waals surface area contributed by atoms with Crippen LogP contribution in [-0.4, -0.2) is 48.2 Å². The molecule has 0 radical (unpaired) electrons. The summed E-state index contributed by atoms with van der Waals surface area (Å²) in [6, 6.07) is 3.80. The molecule has 2 amide bonds. The summed E-state index contributed by atoms with van der Waals surface area (Å²) in [7, 11) is 1.24. The standard InChI is InChI=1S/C13H15BrN2O5/c1-3-16(7-11(17)21-2)13(20)15-10-5-8(12(18)19)4-9(14)6-10/h4-6H,3,7H2,1-2H3,(H,15,20)(H,18,19). The van der Waals surface area contributed by atoms with Gasteiger partial charge in [0, 0.05) is 16.7 Å². The molecule has 114 valence electrons. The molecule has 0 heterocycles. The summed E-state index contributed by atoms with van der Waals surface area (Å²) in [5, 5.41) is 11.5. The molecule has 2 N–H and O–H groups in total. The molecule has 0 saturated carbocycles. The number of esters is 1. The van der Waals surface area contributed by atoms with Gasteiger partial charge in [0.1, 0.15) is 6.54 Å². The number of halogens is 1. The fourth-order valence-corrected chi connectivity index (χ4v) is 2.03. The van der Waals surface area contributed by atoms with E-state index in [9.17, 15) is 14.4 Å². The lowest BCUT2D eigenvalue weighted by atomic mass is 10.2. The van der Waals surface area contributed by atoms with E-state index in [1.165, 1.54) is 24.1 Å². The lowest BCUT2D eigenvalue weighted by molar-refractivity contribution is -0.141. The predicted molar refractivity (Wildman–Crippen MR) is 79.4 cm³/mol. The first kappa shape index (κ1) is 17.0. The van der Waals surface area contributed by atoms with Crippen molar-refractivity contribution in [2.75, 3.05) is 25.5 Å². The molecule has 0 saturated heterocycles. The number of amides is 2. The fourth-order valence-electron chi connectivity index (χ4n) is 1.54. The number of ether oxygens (including phenoxy) is 1. The minimum absolute atomic E-state index is 0.0377. The Morgan fingerprint density at radius 2 is 2.00 bits per heavy atom. The summed E-state index contributed by atoms with van der Waals surface area (Å²) >= 11 is 3.17. The Morgan fingerprint density at radius 1 is 1.33 bits per heavy atom. The van der Waals surface area contributed by atoms with Gasteiger partial charge < -0.3 is 20.1 Å². The second-order valence-electron chi connectivity index (χ2n) is 4.05. The minimum Gasteiger partial charge on any atom is -0.478 e. The highest BCUT2D eigenvalue weighted by Crippen LogP contribution is 2.20. The molecule has 1 aromatic rings. The Balaban J connectivity index is 2.86. The molecule has 0 aliphatic heterocycles. The smallest absolute Gasteiger partial charge is 0.335 e. The van der Waals surface area contributed by atoms with Gasteiger partial charge in [-0.05, 0) is 25.1 Å². The maximum atomic E-state index is 12.0. The van der Waals surface area contributed by atoms with Crippen molar-refractivity contribution in [1.29, 1.82) is 0 Å². The number of carboxylic acid groups (broad SMARTS) is 1. The predicted octanol–water partition coefficient (Wildman–Crippen LogP) is 2.17. The average Bonchev–Trinajstić information content (AvgIpc) is 2.43. The summed E-state index contributed by atoms with van der Waals surface area (Å²) < 4.78 is 5.03. The van der Waals surface area contributed by atoms with Gasteiger partial charge in [-0.3, -0.25) is 4.79 Å². The van der Waals surface area contributed by atoms with Crippen molar-refractivity contribution in [2.45, 2.75) is 6.92 Å². The van der Waals surface area contributed by atoms with Crippen LogP contribution >= 0.6 is 15.9 Å². The highest BCUT2D eigenvalue weighted by Gasteiger charge is 2.16. The average molecular weight is 359 g/mol. The van der Waals surface area contributed by atoms with E-state index in [1.54, 1.807) is 13.0 Å². The number of carboxylic acids is 1. The summed E-state index contributed by atoms with van der Waals surface area (Å²) in [5.74, 6) is -1.64. The van der Waals surface area contributed by atoms with Crippen LogP contribution in [-0.2, 0) is 9.53 Å². The second kappa shape index (κ2) is 7.63. The number of rotatable bonds is 5. The van der Waals surface area contributed by atoms with Crippen molar-refractivity contribution in [3.63, 3.8) is 0 Å². The topological polar surface area (TPSA) is 95.9 Å². The molecule has 1 rings (SSSR count). The molecule has 0 aliphatic carbocycles. The van der Waals surface area contributed by atoms with E-state index >= 15 is 0 Å². The van der Waals surface area contributed by atoms with Crippen LogP contribution in [0, 0.1) is 0 Å². The molecule has 0 spiro atoms. The van der Waals surface area contributed by atoms with Gasteiger partial charge in [-0.2, -0.15) is 0 Å². The van der Waals surface area contributed by atoms with Crippen molar-refractivity contribution < 1.29 is 24.2 Å². The van der Waals surface area contributed by atoms with Crippen molar-refractivity contribution in [3.05, 3.63) is 28.2 Å². The number of hydrogen-bond donors (Lipinski definition) is 2. The molecule has 0 atom stereocenters. The number of methoxy groups -OCH3 is 1. The van der Waals surface area contributed by atoms with Crippen LogP contribution < -0.4 is 5.32 Å². The lowest BCUT2D eigenvalue weighted by Crippen LogP contribution is -2.39. The number of carbonyl (C=O) groups excluding carboxylic acids is 2. The Labute approximate surface area is 130 Å². The van der Waals surface area contributed by atoms with E-state index in [0.717, 1.165) is 0 Å². The van der Waals surface area contributed by atoms with Gasteiger partial charge in [-0.15, -0.1) is 0 Å². The quantitative estimate of drug-likeness (QED) is 0.786. The zero-order valence-electron chi connectivity index (χ0n) is 11.6. The van der Waals surface area contributed by atoms with Crippen molar-refractivity contribution in [2.24, 2.45) is 0 Å². The molecular formula is C13H15BrN2O5. The van der Waals surface area contributed by atoms with E-state index in [4.69, 9.17) is 5.11 Å². The Kier molecular flexibility index (Phi) is 6.16. The van der Waals surface area contributed by atoms with Crippen LogP contribution in [0.2, 0.25) is 0 Å². The van der Waals surface area contributed by atoms with Crippen LogP contribution in [0.25, 0.3) is 0 Å². The third-order valence-electron chi connectivity index (χ3n) is 2.61. The van der Waals surface area contributed by atoms with Crippen LogP contribution in [0.1, 0.15) is 17.3 Å². The largest absolute Gasteiger partial charge is 0.478 e. The van der Waals surface area contributed by atoms with E-state index in [-0.39, 0.29) is 12.1 Å². The molecule has 8 heteroatoms. The molecular weight excluding hydrogens is 344 g/mol.